The first-order valence-corrected chi connectivity index (χ1v) is 43.6. The number of imidazole rings is 2. The Morgan fingerprint density at radius 1 is 0.531 bits per heavy atom. The topological polar surface area (TPSA) is 497 Å². The predicted octanol–water partition coefficient (Wildman–Crippen LogP) is 8.29. The van der Waals surface area contributed by atoms with E-state index in [0.717, 1.165) is 42.9 Å². The van der Waals surface area contributed by atoms with Gasteiger partial charge in [-0.15, -0.1) is 0 Å². The molecule has 6 unspecified atom stereocenters. The van der Waals surface area contributed by atoms with Crippen LogP contribution in [0.2, 0.25) is 0 Å². The van der Waals surface area contributed by atoms with Gasteiger partial charge in [0.2, 0.25) is 20.7 Å². The van der Waals surface area contributed by atoms with Crippen LogP contribution in [0.1, 0.15) is 70.6 Å². The molecule has 6 atom stereocenters. The van der Waals surface area contributed by atoms with Crippen molar-refractivity contribution in [1.82, 2.24) is 39.0 Å². The first-order chi connectivity index (χ1) is 44.4. The van der Waals surface area contributed by atoms with Crippen LogP contribution >= 0.6 is 65.7 Å². The van der Waals surface area contributed by atoms with Crippen LogP contribution in [-0.4, -0.2) is 165 Å². The van der Waals surface area contributed by atoms with Crippen molar-refractivity contribution >= 4 is 95.5 Å². The Hall–Kier alpha value is -3.10. The minimum absolute atomic E-state index is 0. The summed E-state index contributed by atoms with van der Waals surface area (Å²) >= 11 is 9.70. The number of ether oxygens (including phenoxy) is 5. The van der Waals surface area contributed by atoms with Gasteiger partial charge in [-0.05, 0) is 128 Å². The molecule has 2 radical (unpaired) electrons. The van der Waals surface area contributed by atoms with Gasteiger partial charge in [-0.25, -0.2) is 33.2 Å². The second-order valence-corrected chi connectivity index (χ2v) is 37.3. The quantitative estimate of drug-likeness (QED) is 0.00926. The number of phenolic OH excluding ortho intramolecular Hbond substituents is 3. The van der Waals surface area contributed by atoms with E-state index in [2.05, 4.69) is 50.8 Å². The van der Waals surface area contributed by atoms with Crippen molar-refractivity contribution in [2.75, 3.05) is 73.0 Å². The number of halogens is 2. The van der Waals surface area contributed by atoms with Crippen LogP contribution in [-0.2, 0) is 94.3 Å². The molecular weight excluding hydrogens is 1700 g/mol. The second-order valence-electron chi connectivity index (χ2n) is 20.3. The smallest absolute Gasteiger partial charge is 0.323 e. The van der Waals surface area contributed by atoms with E-state index >= 15 is 0 Å². The number of carbonyl (C=O) groups is 5. The van der Waals surface area contributed by atoms with E-state index < -0.39 is 85.2 Å². The molecular formula is C56H93Cl2N11O21P6Pr2-2. The predicted molar refractivity (Wildman–Crippen MR) is 370 cm³/mol. The number of nitrogens with two attached hydrogens (primary N) is 3. The van der Waals surface area contributed by atoms with Gasteiger partial charge in [-0.3, -0.25) is 71.0 Å². The zero-order valence-corrected chi connectivity index (χ0v) is 70.7. The van der Waals surface area contributed by atoms with Crippen LogP contribution in [0.25, 0.3) is 0 Å². The number of esters is 5. The molecule has 0 saturated carbocycles. The van der Waals surface area contributed by atoms with E-state index in [1.54, 1.807) is 80.7 Å². The molecule has 0 saturated heterocycles. The van der Waals surface area contributed by atoms with Crippen LogP contribution in [0.5, 0.6) is 17.2 Å². The van der Waals surface area contributed by atoms with E-state index in [0.29, 0.717) is 38.9 Å². The minimum Gasteiger partial charge on any atom is -0.508 e. The summed E-state index contributed by atoms with van der Waals surface area (Å²) in [4.78, 5) is 83.2. The number of aromatic nitrogens is 4. The Morgan fingerprint density at radius 2 is 0.837 bits per heavy atom. The van der Waals surface area contributed by atoms with Crippen LogP contribution in [0.15, 0.2) is 110 Å². The number of aromatic hydroxyl groups is 3. The van der Waals surface area contributed by atoms with Gasteiger partial charge in [0, 0.05) is 147 Å². The summed E-state index contributed by atoms with van der Waals surface area (Å²) in [6.45, 7) is 20.2. The van der Waals surface area contributed by atoms with Gasteiger partial charge < -0.3 is 64.7 Å². The molecule has 32 nitrogen and oxygen atoms in total. The van der Waals surface area contributed by atoms with E-state index in [9.17, 15) is 66.5 Å². The number of carbonyl (C=O) groups excluding carboxylic acids is 5. The van der Waals surface area contributed by atoms with Crippen LogP contribution in [0.4, 0.5) is 0 Å². The SMILES string of the molecule is CCCOC(=O)C(Cc1ccc(O)cc1)NP(C)(=O)O.CCCOC(=O)C(Cc1ccc(O)cc1)NP(C)(=O)n1ccnc1.CCCOC(=O)C(N)Cc1ccc(O)cc1.CCOC(=O)[CH-]NP(C)(=O)N[CH-]C(=O)OCC.CP(=O)(Cl)Cl.CP(=O)(O)n1ccnc1.CP(N)(N)=O.[Pr].[Pr]. The summed E-state index contributed by atoms with van der Waals surface area (Å²) in [5.41, 5.74) is 17.5. The number of hydrogen-bond donors (Lipinski definition) is 12. The number of benzene rings is 3. The second kappa shape index (κ2) is 53.7. The standard InChI is InChI=1S/C16H22N3O4P.C13H20NO5P.C12H17NO3.C9H17N2O5P.C4H7N2O2P.CH3Cl2OP.CH7N2OP.2Pr/c1-3-10-23-16(21)15(11-13-4-6-14(20)7-5-13)18-24(2,22)19-9-8-17-12-19;1-3-8-19-13(16)12(14-20(2,17)18)9-10-4-6-11(15)7-5-10;1-2-7-16-12(15)11(13)8-9-3-5-10(14)6-4-9;1-4-15-8(12)6-10-17(3,14)11-7-9(13)16-5-2;1-9(7,8)6-3-2-5-4-6;2*1-5(2,3)4;;/h4-9,12,15,20H,3,10-11H2,1-2H3,(H,18,22);4-7,12,15H,3,8-9H2,1-2H3,(H2,14,17,18);3-6,11,14H,2,7-8,13H2,1H3;6-7H,4-5H2,1-3H3,(H2,10,11,14);2-4H,1H3,(H,7,8);1H3;1H3,(H4,2,3,4);;/q;;;-2;;;;;. The van der Waals surface area contributed by atoms with Crippen molar-refractivity contribution in [3.8, 4) is 17.2 Å². The molecule has 3 aromatic carbocycles. The van der Waals surface area contributed by atoms with Crippen molar-refractivity contribution in [3.05, 3.63) is 140 Å². The molecule has 42 heteroatoms. The normalized spacial score (nSPS) is 13.3. The molecule has 550 valence electrons. The van der Waals surface area contributed by atoms with Crippen LogP contribution < -0.4 is 37.1 Å². The zero-order valence-electron chi connectivity index (χ0n) is 56.4. The largest absolute Gasteiger partial charge is 0.508 e. The molecule has 15 N–H and O–H groups in total. The summed E-state index contributed by atoms with van der Waals surface area (Å²) in [5, 5.41) is 37.7. The van der Waals surface area contributed by atoms with Crippen molar-refractivity contribution in [2.45, 2.75) is 91.3 Å². The fourth-order valence-corrected chi connectivity index (χ4v) is 9.93. The number of phenols is 3. The molecule has 0 amide bonds. The Bertz CT molecular complexity index is 3280. The number of nitrogens with one attached hydrogen (secondary N) is 4. The number of hydrogen-bond acceptors (Lipinski definition) is 22. The summed E-state index contributed by atoms with van der Waals surface area (Å²) in [6.07, 6.45) is 11.9. The van der Waals surface area contributed by atoms with Gasteiger partial charge in [0.1, 0.15) is 48.0 Å². The van der Waals surface area contributed by atoms with Gasteiger partial charge in [0.05, 0.1) is 33.0 Å². The maximum Gasteiger partial charge on any atom is 0.323 e. The van der Waals surface area contributed by atoms with E-state index in [1.165, 1.54) is 85.4 Å². The van der Waals surface area contributed by atoms with Crippen molar-refractivity contribution in [2.24, 2.45) is 16.7 Å². The van der Waals surface area contributed by atoms with E-state index in [-0.39, 0.29) is 132 Å². The third kappa shape index (κ3) is 57.4. The van der Waals surface area contributed by atoms with Crippen molar-refractivity contribution in [1.29, 1.82) is 0 Å². The molecule has 2 aromatic heterocycles. The average molecular weight is 1790 g/mol. The third-order valence-electron chi connectivity index (χ3n) is 10.4. The van der Waals surface area contributed by atoms with E-state index in [1.807, 2.05) is 20.8 Å². The number of rotatable bonds is 29. The molecule has 0 aliphatic rings. The van der Waals surface area contributed by atoms with Crippen LogP contribution in [0.3, 0.4) is 0 Å². The molecule has 0 fully saturated rings. The molecule has 98 heavy (non-hydrogen) atoms. The Balaban J connectivity index is -0.000000552. The third-order valence-corrected chi connectivity index (χ3v) is 15.5. The van der Waals surface area contributed by atoms with Gasteiger partial charge in [-0.1, -0.05) is 57.2 Å². The summed E-state index contributed by atoms with van der Waals surface area (Å²) in [7, 11) is -15.4. The average Bonchev–Trinajstić information content (AvgIpc) is 1.49. The van der Waals surface area contributed by atoms with Crippen molar-refractivity contribution in [3.63, 3.8) is 0 Å². The molecule has 0 aliphatic carbocycles. The fourth-order valence-electron chi connectivity index (χ4n) is 6.34. The molecule has 5 aromatic rings. The van der Waals surface area contributed by atoms with Gasteiger partial charge in [-0.2, -0.15) is 0 Å². The minimum atomic E-state index is -3.55. The molecule has 0 bridgehead atoms. The first kappa shape index (κ1) is 101. The Morgan fingerprint density at radius 3 is 1.11 bits per heavy atom. The summed E-state index contributed by atoms with van der Waals surface area (Å²) in [6, 6.07) is 17.1. The van der Waals surface area contributed by atoms with Gasteiger partial charge >= 0.3 is 17.9 Å². The van der Waals surface area contributed by atoms with Gasteiger partial charge in [0.25, 0.3) is 15.0 Å². The first-order valence-electron chi connectivity index (χ1n) is 28.9. The molecule has 2 heterocycles. The van der Waals surface area contributed by atoms with Gasteiger partial charge in [0.15, 0.2) is 19.4 Å². The zero-order chi connectivity index (χ0) is 73.9. The molecule has 0 spiro atoms. The summed E-state index contributed by atoms with van der Waals surface area (Å²) in [5.74, 6) is -4.88. The Kier molecular flexibility index (Phi) is 55.4. The summed E-state index contributed by atoms with van der Waals surface area (Å²) < 4.78 is 93.3. The van der Waals surface area contributed by atoms with Crippen LogP contribution in [0, 0.1) is 95.7 Å². The Labute approximate surface area is 649 Å². The number of nitrogens with zero attached hydrogens (tertiary/aromatic N) is 4. The van der Waals surface area contributed by atoms with Crippen molar-refractivity contribution < 1.29 is 183 Å². The fraction of sp³-hybridized carbons (Fsp3) is 0.446. The molecule has 5 rings (SSSR count). The maximum absolute atomic E-state index is 12.9. The molecule has 0 aliphatic heterocycles. The monoisotopic (exact) mass is 1790 g/mol. The van der Waals surface area contributed by atoms with E-state index in [4.69, 9.17) is 52.4 Å². The maximum atomic E-state index is 12.9.